The Labute approximate surface area is 133 Å². The number of benzene rings is 1. The molecule has 1 heterocycles. The Morgan fingerprint density at radius 3 is 2.73 bits per heavy atom. The maximum atomic E-state index is 11.9. The monoisotopic (exact) mass is 315 g/mol. The van der Waals surface area contributed by atoms with Crippen molar-refractivity contribution in [1.82, 2.24) is 5.32 Å². The zero-order valence-corrected chi connectivity index (χ0v) is 13.0. The van der Waals surface area contributed by atoms with Crippen molar-refractivity contribution < 1.29 is 14.3 Å². The Morgan fingerprint density at radius 2 is 2.05 bits per heavy atom. The second-order valence-electron chi connectivity index (χ2n) is 4.67. The molecular formula is C17H17NO3S. The lowest BCUT2D eigenvalue weighted by molar-refractivity contribution is -0.150. The van der Waals surface area contributed by atoms with Gasteiger partial charge in [0.1, 0.15) is 0 Å². The normalized spacial score (nSPS) is 12.0. The molecule has 1 aromatic heterocycles. The van der Waals surface area contributed by atoms with Gasteiger partial charge in [0.2, 0.25) is 0 Å². The van der Waals surface area contributed by atoms with Crippen LogP contribution in [0.15, 0.2) is 53.2 Å². The first-order valence-electron chi connectivity index (χ1n) is 6.87. The third-order valence-corrected chi connectivity index (χ3v) is 3.63. The molecule has 5 heteroatoms. The molecule has 114 valence electrons. The molecule has 1 amide bonds. The van der Waals surface area contributed by atoms with Crippen molar-refractivity contribution in [1.29, 1.82) is 0 Å². The van der Waals surface area contributed by atoms with Gasteiger partial charge in [-0.25, -0.2) is 4.79 Å². The molecular weight excluding hydrogens is 298 g/mol. The van der Waals surface area contributed by atoms with Crippen molar-refractivity contribution in [3.8, 4) is 0 Å². The van der Waals surface area contributed by atoms with Crippen LogP contribution in [0, 0.1) is 0 Å². The fourth-order valence-electron chi connectivity index (χ4n) is 1.73. The fraction of sp³-hybridized carbons (Fsp3) is 0.176. The number of ether oxygens (including phenoxy) is 1. The van der Waals surface area contributed by atoms with Crippen molar-refractivity contribution in [3.05, 3.63) is 64.4 Å². The van der Waals surface area contributed by atoms with Crippen molar-refractivity contribution in [3.63, 3.8) is 0 Å². The number of nitrogens with one attached hydrogen (secondary N) is 1. The zero-order valence-electron chi connectivity index (χ0n) is 12.2. The summed E-state index contributed by atoms with van der Waals surface area (Å²) < 4.78 is 5.06. The second kappa shape index (κ2) is 8.14. The molecule has 0 aliphatic rings. The first kappa shape index (κ1) is 16.0. The van der Waals surface area contributed by atoms with E-state index in [0.29, 0.717) is 6.54 Å². The summed E-state index contributed by atoms with van der Waals surface area (Å²) in [6.45, 7) is 1.96. The van der Waals surface area contributed by atoms with Crippen LogP contribution in [0.2, 0.25) is 0 Å². The molecule has 1 N–H and O–H groups in total. The summed E-state index contributed by atoms with van der Waals surface area (Å²) in [5.74, 6) is -0.852. The van der Waals surface area contributed by atoms with E-state index in [4.69, 9.17) is 4.74 Å². The van der Waals surface area contributed by atoms with Gasteiger partial charge in [0, 0.05) is 12.6 Å². The third-order valence-electron chi connectivity index (χ3n) is 2.93. The Morgan fingerprint density at radius 1 is 1.27 bits per heavy atom. The predicted octanol–water partition coefficient (Wildman–Crippen LogP) is 3.01. The average Bonchev–Trinajstić information content (AvgIpc) is 3.05. The van der Waals surface area contributed by atoms with Gasteiger partial charge in [0.15, 0.2) is 6.10 Å². The minimum atomic E-state index is -0.830. The van der Waals surface area contributed by atoms with Gasteiger partial charge >= 0.3 is 5.97 Å². The fourth-order valence-corrected chi connectivity index (χ4v) is 2.36. The smallest absolute Gasteiger partial charge is 0.331 e. The highest BCUT2D eigenvalue weighted by atomic mass is 32.1. The van der Waals surface area contributed by atoms with Gasteiger partial charge in [-0.05, 0) is 41.0 Å². The molecule has 4 nitrogen and oxygen atoms in total. The Kier molecular flexibility index (Phi) is 5.91. The summed E-state index contributed by atoms with van der Waals surface area (Å²) in [6.07, 6.45) is 2.15. The van der Waals surface area contributed by atoms with Crippen LogP contribution in [0.1, 0.15) is 18.1 Å². The maximum absolute atomic E-state index is 11.9. The lowest BCUT2D eigenvalue weighted by atomic mass is 10.2. The molecule has 0 saturated heterocycles. The number of hydrogen-bond donors (Lipinski definition) is 1. The SMILES string of the molecule is C[C@H](OC(=O)/C=C/c1ccsc1)C(=O)NCc1ccccc1. The van der Waals surface area contributed by atoms with E-state index in [1.54, 1.807) is 24.3 Å². The molecule has 0 saturated carbocycles. The summed E-state index contributed by atoms with van der Waals surface area (Å²) in [6, 6.07) is 11.4. The van der Waals surface area contributed by atoms with E-state index in [0.717, 1.165) is 11.1 Å². The van der Waals surface area contributed by atoms with E-state index in [1.165, 1.54) is 6.08 Å². The van der Waals surface area contributed by atoms with E-state index in [9.17, 15) is 9.59 Å². The number of rotatable bonds is 6. The highest BCUT2D eigenvalue weighted by Gasteiger charge is 2.15. The Hall–Kier alpha value is -2.40. The molecule has 1 atom stereocenters. The van der Waals surface area contributed by atoms with E-state index in [-0.39, 0.29) is 5.91 Å². The standard InChI is InChI=1S/C17H17NO3S/c1-13(17(20)18-11-14-5-3-2-4-6-14)21-16(19)8-7-15-9-10-22-12-15/h2-10,12-13H,11H2,1H3,(H,18,20)/b8-7+/t13-/m0/s1. The molecule has 2 rings (SSSR count). The van der Waals surface area contributed by atoms with Gasteiger partial charge in [-0.1, -0.05) is 30.3 Å². The van der Waals surface area contributed by atoms with Crippen molar-refractivity contribution in [2.45, 2.75) is 19.6 Å². The van der Waals surface area contributed by atoms with E-state index < -0.39 is 12.1 Å². The molecule has 0 aliphatic carbocycles. The number of thiophene rings is 1. The predicted molar refractivity (Wildman–Crippen MR) is 87.2 cm³/mol. The second-order valence-corrected chi connectivity index (χ2v) is 5.45. The van der Waals surface area contributed by atoms with Gasteiger partial charge in [0.25, 0.3) is 5.91 Å². The van der Waals surface area contributed by atoms with Crippen molar-refractivity contribution in [2.24, 2.45) is 0 Å². The van der Waals surface area contributed by atoms with Crippen LogP contribution in [0.4, 0.5) is 0 Å². The summed E-state index contributed by atoms with van der Waals surface area (Å²) >= 11 is 1.55. The summed E-state index contributed by atoms with van der Waals surface area (Å²) in [7, 11) is 0. The number of hydrogen-bond acceptors (Lipinski definition) is 4. The van der Waals surface area contributed by atoms with E-state index in [2.05, 4.69) is 5.32 Å². The van der Waals surface area contributed by atoms with E-state index in [1.807, 2.05) is 47.2 Å². The zero-order chi connectivity index (χ0) is 15.8. The van der Waals surface area contributed by atoms with Gasteiger partial charge < -0.3 is 10.1 Å². The Bertz CT molecular complexity index is 635. The van der Waals surface area contributed by atoms with Crippen LogP contribution < -0.4 is 5.32 Å². The maximum Gasteiger partial charge on any atom is 0.331 e. The van der Waals surface area contributed by atoms with E-state index >= 15 is 0 Å². The molecule has 22 heavy (non-hydrogen) atoms. The molecule has 0 fully saturated rings. The van der Waals surface area contributed by atoms with Crippen LogP contribution in [0.25, 0.3) is 6.08 Å². The first-order chi connectivity index (χ1) is 10.6. The Balaban J connectivity index is 1.77. The van der Waals surface area contributed by atoms with Crippen LogP contribution in [-0.4, -0.2) is 18.0 Å². The van der Waals surface area contributed by atoms with Gasteiger partial charge in [-0.3, -0.25) is 4.79 Å². The topological polar surface area (TPSA) is 55.4 Å². The van der Waals surface area contributed by atoms with Crippen LogP contribution >= 0.6 is 11.3 Å². The van der Waals surface area contributed by atoms with Crippen molar-refractivity contribution in [2.75, 3.05) is 0 Å². The first-order valence-corrected chi connectivity index (χ1v) is 7.82. The van der Waals surface area contributed by atoms with Crippen LogP contribution in [0.5, 0.6) is 0 Å². The highest BCUT2D eigenvalue weighted by molar-refractivity contribution is 7.08. The van der Waals surface area contributed by atoms with Gasteiger partial charge in [-0.2, -0.15) is 11.3 Å². The summed E-state index contributed by atoms with van der Waals surface area (Å²) in [5, 5.41) is 6.57. The lowest BCUT2D eigenvalue weighted by Crippen LogP contribution is -2.35. The molecule has 0 unspecified atom stereocenters. The number of esters is 1. The number of carbonyl (C=O) groups excluding carboxylic acids is 2. The minimum absolute atomic E-state index is 0.318. The molecule has 0 radical (unpaired) electrons. The average molecular weight is 315 g/mol. The highest BCUT2D eigenvalue weighted by Crippen LogP contribution is 2.08. The van der Waals surface area contributed by atoms with Crippen molar-refractivity contribution >= 4 is 29.3 Å². The lowest BCUT2D eigenvalue weighted by Gasteiger charge is -2.12. The minimum Gasteiger partial charge on any atom is -0.449 e. The molecule has 0 bridgehead atoms. The van der Waals surface area contributed by atoms with Crippen LogP contribution in [-0.2, 0) is 20.9 Å². The molecule has 0 aliphatic heterocycles. The molecule has 2 aromatic rings. The summed E-state index contributed by atoms with van der Waals surface area (Å²) in [4.78, 5) is 23.5. The number of amides is 1. The molecule has 1 aromatic carbocycles. The quantitative estimate of drug-likeness (QED) is 0.658. The largest absolute Gasteiger partial charge is 0.449 e. The summed E-state index contributed by atoms with van der Waals surface area (Å²) in [5.41, 5.74) is 1.93. The van der Waals surface area contributed by atoms with Crippen LogP contribution in [0.3, 0.4) is 0 Å². The number of carbonyl (C=O) groups is 2. The third kappa shape index (κ3) is 5.18. The van der Waals surface area contributed by atoms with Gasteiger partial charge in [0.05, 0.1) is 0 Å². The van der Waals surface area contributed by atoms with Gasteiger partial charge in [-0.15, -0.1) is 0 Å². The molecule has 0 spiro atoms.